The van der Waals surface area contributed by atoms with E-state index in [2.05, 4.69) is 5.32 Å². The lowest BCUT2D eigenvalue weighted by atomic mass is 10.1. The van der Waals surface area contributed by atoms with Crippen molar-refractivity contribution in [3.63, 3.8) is 0 Å². The zero-order valence-corrected chi connectivity index (χ0v) is 12.3. The van der Waals surface area contributed by atoms with E-state index < -0.39 is 0 Å². The number of benzene rings is 2. The fourth-order valence-corrected chi connectivity index (χ4v) is 2.10. The van der Waals surface area contributed by atoms with E-state index in [-0.39, 0.29) is 11.9 Å². The second kappa shape index (κ2) is 6.27. The fourth-order valence-electron chi connectivity index (χ4n) is 2.10. The van der Waals surface area contributed by atoms with Gasteiger partial charge in [-0.15, -0.1) is 0 Å². The van der Waals surface area contributed by atoms with Crippen LogP contribution >= 0.6 is 0 Å². The van der Waals surface area contributed by atoms with Gasteiger partial charge in [0.25, 0.3) is 0 Å². The SMILES string of the molecule is COc1ccc(C(C)Nc2cc(C#N)cc(F)c2C)cc1. The summed E-state index contributed by atoms with van der Waals surface area (Å²) in [7, 11) is 1.62. The van der Waals surface area contributed by atoms with E-state index in [4.69, 9.17) is 10.00 Å². The molecule has 0 fully saturated rings. The van der Waals surface area contributed by atoms with E-state index in [1.54, 1.807) is 20.1 Å². The molecule has 1 unspecified atom stereocenters. The molecule has 0 aliphatic carbocycles. The van der Waals surface area contributed by atoms with Gasteiger partial charge in [0.15, 0.2) is 0 Å². The van der Waals surface area contributed by atoms with Crippen molar-refractivity contribution in [3.05, 3.63) is 58.9 Å². The third-order valence-electron chi connectivity index (χ3n) is 3.46. The predicted octanol–water partition coefficient (Wildman–Crippen LogP) is 4.19. The van der Waals surface area contributed by atoms with Crippen molar-refractivity contribution in [2.45, 2.75) is 19.9 Å². The highest BCUT2D eigenvalue weighted by Crippen LogP contribution is 2.26. The third kappa shape index (κ3) is 3.32. The molecule has 0 aliphatic rings. The molecule has 1 N–H and O–H groups in total. The number of hydrogen-bond donors (Lipinski definition) is 1. The normalized spacial score (nSPS) is 11.6. The van der Waals surface area contributed by atoms with E-state index >= 15 is 0 Å². The molecule has 108 valence electrons. The summed E-state index contributed by atoms with van der Waals surface area (Å²) < 4.78 is 18.9. The van der Waals surface area contributed by atoms with Gasteiger partial charge in [-0.1, -0.05) is 12.1 Å². The molecule has 0 aromatic heterocycles. The average Bonchev–Trinajstić information content (AvgIpc) is 2.51. The van der Waals surface area contributed by atoms with Gasteiger partial charge in [-0.3, -0.25) is 0 Å². The summed E-state index contributed by atoms with van der Waals surface area (Å²) in [5, 5.41) is 12.2. The molecule has 2 aromatic carbocycles. The zero-order chi connectivity index (χ0) is 15.4. The lowest BCUT2D eigenvalue weighted by Crippen LogP contribution is -2.08. The number of ether oxygens (including phenoxy) is 1. The van der Waals surface area contributed by atoms with E-state index in [0.717, 1.165) is 11.3 Å². The Morgan fingerprint density at radius 1 is 1.24 bits per heavy atom. The Morgan fingerprint density at radius 3 is 2.48 bits per heavy atom. The van der Waals surface area contributed by atoms with E-state index in [1.807, 2.05) is 37.3 Å². The quantitative estimate of drug-likeness (QED) is 0.915. The van der Waals surface area contributed by atoms with Crippen LogP contribution in [0.4, 0.5) is 10.1 Å². The highest BCUT2D eigenvalue weighted by atomic mass is 19.1. The van der Waals surface area contributed by atoms with Crippen LogP contribution in [0.15, 0.2) is 36.4 Å². The third-order valence-corrected chi connectivity index (χ3v) is 3.46. The van der Waals surface area contributed by atoms with Gasteiger partial charge in [0.05, 0.1) is 18.7 Å². The largest absolute Gasteiger partial charge is 0.497 e. The molecule has 0 spiro atoms. The van der Waals surface area contributed by atoms with Crippen LogP contribution in [0.3, 0.4) is 0 Å². The van der Waals surface area contributed by atoms with Crippen molar-refractivity contribution in [1.82, 2.24) is 0 Å². The van der Waals surface area contributed by atoms with Gasteiger partial charge in [-0.2, -0.15) is 5.26 Å². The fraction of sp³-hybridized carbons (Fsp3) is 0.235. The van der Waals surface area contributed by atoms with Gasteiger partial charge in [0.2, 0.25) is 0 Å². The molecular formula is C17H17FN2O. The van der Waals surface area contributed by atoms with E-state index in [1.165, 1.54) is 6.07 Å². The van der Waals surface area contributed by atoms with Crippen molar-refractivity contribution < 1.29 is 9.13 Å². The molecule has 1 atom stereocenters. The Bertz CT molecular complexity index is 674. The molecule has 0 radical (unpaired) electrons. The Hall–Kier alpha value is -2.54. The van der Waals surface area contributed by atoms with Crippen LogP contribution in [0.25, 0.3) is 0 Å². The molecule has 0 saturated heterocycles. The first-order valence-electron chi connectivity index (χ1n) is 6.66. The van der Waals surface area contributed by atoms with E-state index in [9.17, 15) is 4.39 Å². The monoisotopic (exact) mass is 284 g/mol. The first kappa shape index (κ1) is 14.9. The summed E-state index contributed by atoms with van der Waals surface area (Å²) in [5.74, 6) is 0.415. The predicted molar refractivity (Wildman–Crippen MR) is 80.9 cm³/mol. The summed E-state index contributed by atoms with van der Waals surface area (Å²) in [6.45, 7) is 3.68. The summed E-state index contributed by atoms with van der Waals surface area (Å²) in [5.41, 5.74) is 2.50. The molecule has 0 aliphatic heterocycles. The number of nitrogens with zero attached hydrogens (tertiary/aromatic N) is 1. The van der Waals surface area contributed by atoms with Gasteiger partial charge < -0.3 is 10.1 Å². The Kier molecular flexibility index (Phi) is 4.44. The van der Waals surface area contributed by atoms with Crippen molar-refractivity contribution in [1.29, 1.82) is 5.26 Å². The van der Waals surface area contributed by atoms with E-state index in [0.29, 0.717) is 16.8 Å². The van der Waals surface area contributed by atoms with Crippen LogP contribution < -0.4 is 10.1 Å². The maximum atomic E-state index is 13.8. The zero-order valence-electron chi connectivity index (χ0n) is 12.3. The number of hydrogen-bond acceptors (Lipinski definition) is 3. The van der Waals surface area contributed by atoms with Crippen LogP contribution in [0, 0.1) is 24.1 Å². The second-order valence-corrected chi connectivity index (χ2v) is 4.88. The van der Waals surface area contributed by atoms with Gasteiger partial charge in [-0.05, 0) is 43.7 Å². The minimum Gasteiger partial charge on any atom is -0.497 e. The van der Waals surface area contributed by atoms with Crippen molar-refractivity contribution in [2.75, 3.05) is 12.4 Å². The smallest absolute Gasteiger partial charge is 0.129 e. The number of methoxy groups -OCH3 is 1. The maximum Gasteiger partial charge on any atom is 0.129 e. The lowest BCUT2D eigenvalue weighted by molar-refractivity contribution is 0.414. The Labute approximate surface area is 124 Å². The van der Waals surface area contributed by atoms with Crippen LogP contribution in [0.1, 0.15) is 29.7 Å². The molecule has 0 amide bonds. The van der Waals surface area contributed by atoms with Crippen LogP contribution in [-0.4, -0.2) is 7.11 Å². The molecule has 0 bridgehead atoms. The molecular weight excluding hydrogens is 267 g/mol. The minimum absolute atomic E-state index is 0.0112. The molecule has 2 rings (SSSR count). The summed E-state index contributed by atoms with van der Waals surface area (Å²) >= 11 is 0. The number of halogens is 1. The Morgan fingerprint density at radius 2 is 1.90 bits per heavy atom. The standard InChI is InChI=1S/C17H17FN2O/c1-11-16(18)8-13(10-19)9-17(11)20-12(2)14-4-6-15(21-3)7-5-14/h4-9,12,20H,1-3H3. The van der Waals surface area contributed by atoms with Gasteiger partial charge in [-0.25, -0.2) is 4.39 Å². The van der Waals surface area contributed by atoms with Crippen LogP contribution in [0.5, 0.6) is 5.75 Å². The highest BCUT2D eigenvalue weighted by Gasteiger charge is 2.11. The van der Waals surface area contributed by atoms with Crippen molar-refractivity contribution >= 4 is 5.69 Å². The molecule has 3 nitrogen and oxygen atoms in total. The van der Waals surface area contributed by atoms with Gasteiger partial charge in [0, 0.05) is 17.3 Å². The summed E-state index contributed by atoms with van der Waals surface area (Å²) in [6.07, 6.45) is 0. The molecule has 21 heavy (non-hydrogen) atoms. The van der Waals surface area contributed by atoms with Crippen molar-refractivity contribution in [3.8, 4) is 11.8 Å². The Balaban J connectivity index is 2.24. The number of nitriles is 1. The topological polar surface area (TPSA) is 45.0 Å². The van der Waals surface area contributed by atoms with Gasteiger partial charge >= 0.3 is 0 Å². The highest BCUT2D eigenvalue weighted by molar-refractivity contribution is 5.57. The minimum atomic E-state index is -0.376. The average molecular weight is 284 g/mol. The molecule has 0 heterocycles. The van der Waals surface area contributed by atoms with Crippen LogP contribution in [0.2, 0.25) is 0 Å². The molecule has 4 heteroatoms. The summed E-state index contributed by atoms with van der Waals surface area (Å²) in [6, 6.07) is 12.5. The van der Waals surface area contributed by atoms with Crippen LogP contribution in [-0.2, 0) is 0 Å². The number of rotatable bonds is 4. The molecule has 2 aromatic rings. The van der Waals surface area contributed by atoms with Crippen molar-refractivity contribution in [2.24, 2.45) is 0 Å². The molecule has 0 saturated carbocycles. The maximum absolute atomic E-state index is 13.8. The first-order valence-corrected chi connectivity index (χ1v) is 6.66. The number of nitrogens with one attached hydrogen (secondary N) is 1. The number of anilines is 1. The van der Waals surface area contributed by atoms with Gasteiger partial charge in [0.1, 0.15) is 11.6 Å². The second-order valence-electron chi connectivity index (χ2n) is 4.88. The lowest BCUT2D eigenvalue weighted by Gasteiger charge is -2.18. The first-order chi connectivity index (χ1) is 10.0. The summed E-state index contributed by atoms with van der Waals surface area (Å²) in [4.78, 5) is 0.